The highest BCUT2D eigenvalue weighted by Gasteiger charge is 2.37. The lowest BCUT2D eigenvalue weighted by molar-refractivity contribution is 0.307. The molecule has 1 atom stereocenters. The predicted octanol–water partition coefficient (Wildman–Crippen LogP) is 5.20. The van der Waals surface area contributed by atoms with Crippen molar-refractivity contribution in [3.8, 4) is 0 Å². The first-order valence-corrected chi connectivity index (χ1v) is 9.13. The SMILES string of the molecule is CC(/C=C/O[Si](C)(C)C(C)(C)C)C(C)(C)C. The van der Waals surface area contributed by atoms with E-state index in [0.717, 1.165) is 0 Å². The van der Waals surface area contributed by atoms with Gasteiger partial charge in [0.1, 0.15) is 0 Å². The van der Waals surface area contributed by atoms with E-state index in [1.165, 1.54) is 0 Å². The monoisotopic (exact) mass is 242 g/mol. The van der Waals surface area contributed by atoms with E-state index >= 15 is 0 Å². The van der Waals surface area contributed by atoms with Crippen molar-refractivity contribution in [3.63, 3.8) is 0 Å². The molecule has 16 heavy (non-hydrogen) atoms. The average molecular weight is 242 g/mol. The number of hydrogen-bond acceptors (Lipinski definition) is 1. The number of allylic oxidation sites excluding steroid dienone is 1. The standard InChI is InChI=1S/C14H30OSi/c1-12(13(2,3)4)10-11-15-16(8,9)14(5,6)7/h10-12H,1-9H3/b11-10+. The molecule has 1 nitrogen and oxygen atoms in total. The Morgan fingerprint density at radius 2 is 1.44 bits per heavy atom. The van der Waals surface area contributed by atoms with Crippen LogP contribution >= 0.6 is 0 Å². The topological polar surface area (TPSA) is 9.23 Å². The quantitative estimate of drug-likeness (QED) is 0.488. The molecule has 0 N–H and O–H groups in total. The van der Waals surface area contributed by atoms with E-state index in [1.54, 1.807) is 0 Å². The molecule has 0 saturated heterocycles. The van der Waals surface area contributed by atoms with E-state index in [4.69, 9.17) is 4.43 Å². The van der Waals surface area contributed by atoms with Crippen LogP contribution in [-0.2, 0) is 4.43 Å². The summed E-state index contributed by atoms with van der Waals surface area (Å²) in [5.41, 5.74) is 0.313. The van der Waals surface area contributed by atoms with Gasteiger partial charge in [0.05, 0.1) is 6.26 Å². The fourth-order valence-corrected chi connectivity index (χ4v) is 1.57. The van der Waals surface area contributed by atoms with Crippen LogP contribution in [0.2, 0.25) is 18.1 Å². The Morgan fingerprint density at radius 1 is 1.00 bits per heavy atom. The lowest BCUT2D eigenvalue weighted by atomic mass is 9.82. The van der Waals surface area contributed by atoms with Crippen LogP contribution in [0.5, 0.6) is 0 Å². The Labute approximate surface area is 103 Å². The van der Waals surface area contributed by atoms with Crippen molar-refractivity contribution in [3.05, 3.63) is 12.3 Å². The molecule has 0 radical (unpaired) electrons. The molecule has 0 rings (SSSR count). The molecule has 0 heterocycles. The van der Waals surface area contributed by atoms with E-state index < -0.39 is 8.32 Å². The molecule has 1 unspecified atom stereocenters. The molecular formula is C14H30OSi. The van der Waals surface area contributed by atoms with E-state index in [9.17, 15) is 0 Å². The summed E-state index contributed by atoms with van der Waals surface area (Å²) in [6, 6.07) is 0. The molecule has 0 saturated carbocycles. The lowest BCUT2D eigenvalue weighted by Gasteiger charge is -2.35. The van der Waals surface area contributed by atoms with Gasteiger partial charge < -0.3 is 4.43 Å². The first-order valence-electron chi connectivity index (χ1n) is 6.22. The van der Waals surface area contributed by atoms with Crippen LogP contribution in [-0.4, -0.2) is 8.32 Å². The molecule has 0 aromatic carbocycles. The highest BCUT2D eigenvalue weighted by atomic mass is 28.4. The first-order chi connectivity index (χ1) is 6.88. The summed E-state index contributed by atoms with van der Waals surface area (Å²) in [6.07, 6.45) is 4.13. The van der Waals surface area contributed by atoms with Gasteiger partial charge in [0.25, 0.3) is 0 Å². The Balaban J connectivity index is 4.42. The average Bonchev–Trinajstić information content (AvgIpc) is 1.99. The zero-order valence-corrected chi connectivity index (χ0v) is 13.6. The molecule has 0 aliphatic carbocycles. The normalized spacial score (nSPS) is 16.6. The summed E-state index contributed by atoms with van der Waals surface area (Å²) in [4.78, 5) is 0. The zero-order valence-electron chi connectivity index (χ0n) is 12.6. The number of rotatable bonds is 3. The molecule has 0 aliphatic rings. The van der Waals surface area contributed by atoms with Crippen LogP contribution in [0.3, 0.4) is 0 Å². The summed E-state index contributed by atoms with van der Waals surface area (Å²) in [5.74, 6) is 0.539. The van der Waals surface area contributed by atoms with Crippen molar-refractivity contribution in [1.82, 2.24) is 0 Å². The van der Waals surface area contributed by atoms with Gasteiger partial charge in [-0.1, -0.05) is 48.5 Å². The minimum Gasteiger partial charge on any atom is -0.549 e. The van der Waals surface area contributed by atoms with Crippen molar-refractivity contribution >= 4 is 8.32 Å². The summed E-state index contributed by atoms with van der Waals surface area (Å²) in [5, 5.41) is 0.280. The third-order valence-electron chi connectivity index (χ3n) is 3.90. The molecule has 0 aromatic heterocycles. The molecular weight excluding hydrogens is 212 g/mol. The van der Waals surface area contributed by atoms with Gasteiger partial charge in [-0.15, -0.1) is 0 Å². The van der Waals surface area contributed by atoms with Crippen molar-refractivity contribution in [1.29, 1.82) is 0 Å². The van der Waals surface area contributed by atoms with E-state index in [0.29, 0.717) is 11.3 Å². The summed E-state index contributed by atoms with van der Waals surface area (Å²) < 4.78 is 6.02. The minimum absolute atomic E-state index is 0.280. The van der Waals surface area contributed by atoms with E-state index in [2.05, 4.69) is 67.6 Å². The van der Waals surface area contributed by atoms with Gasteiger partial charge in [-0.2, -0.15) is 0 Å². The number of hydrogen-bond donors (Lipinski definition) is 0. The Hall–Kier alpha value is -0.243. The van der Waals surface area contributed by atoms with Crippen LogP contribution in [0, 0.1) is 11.3 Å². The Bertz CT molecular complexity index is 240. The van der Waals surface area contributed by atoms with Gasteiger partial charge in [-0.05, 0) is 35.5 Å². The highest BCUT2D eigenvalue weighted by Crippen LogP contribution is 2.37. The van der Waals surface area contributed by atoms with Gasteiger partial charge in [0, 0.05) is 0 Å². The second-order valence-electron chi connectivity index (χ2n) is 7.36. The van der Waals surface area contributed by atoms with E-state index in [1.807, 2.05) is 6.26 Å². The second-order valence-corrected chi connectivity index (χ2v) is 12.1. The smallest absolute Gasteiger partial charge is 0.249 e. The minimum atomic E-state index is -1.62. The molecule has 0 aromatic rings. The second kappa shape index (κ2) is 4.95. The molecule has 0 aliphatic heterocycles. The van der Waals surface area contributed by atoms with Crippen molar-refractivity contribution in [2.45, 2.75) is 66.6 Å². The third kappa shape index (κ3) is 4.73. The highest BCUT2D eigenvalue weighted by molar-refractivity contribution is 6.74. The van der Waals surface area contributed by atoms with Crippen LogP contribution in [0.4, 0.5) is 0 Å². The fourth-order valence-electron chi connectivity index (χ4n) is 0.793. The zero-order chi connectivity index (χ0) is 13.2. The maximum absolute atomic E-state index is 6.02. The predicted molar refractivity (Wildman–Crippen MR) is 76.0 cm³/mol. The van der Waals surface area contributed by atoms with Crippen molar-refractivity contribution in [2.75, 3.05) is 0 Å². The Morgan fingerprint density at radius 3 is 1.75 bits per heavy atom. The summed E-state index contributed by atoms with van der Waals surface area (Å²) in [6.45, 7) is 20.4. The third-order valence-corrected chi connectivity index (χ3v) is 8.24. The maximum Gasteiger partial charge on any atom is 0.249 e. The molecule has 0 fully saturated rings. The Kier molecular flexibility index (Phi) is 4.87. The molecule has 0 bridgehead atoms. The van der Waals surface area contributed by atoms with Gasteiger partial charge in [-0.3, -0.25) is 0 Å². The van der Waals surface area contributed by atoms with Gasteiger partial charge >= 0.3 is 0 Å². The van der Waals surface area contributed by atoms with Gasteiger partial charge in [0.15, 0.2) is 0 Å². The van der Waals surface area contributed by atoms with Crippen LogP contribution in [0.15, 0.2) is 12.3 Å². The summed E-state index contributed by atoms with van der Waals surface area (Å²) >= 11 is 0. The fraction of sp³-hybridized carbons (Fsp3) is 0.857. The molecule has 2 heteroatoms. The van der Waals surface area contributed by atoms with Gasteiger partial charge in [-0.25, -0.2) is 0 Å². The largest absolute Gasteiger partial charge is 0.549 e. The van der Waals surface area contributed by atoms with Crippen molar-refractivity contribution < 1.29 is 4.43 Å². The van der Waals surface area contributed by atoms with Crippen LogP contribution in [0.1, 0.15) is 48.5 Å². The van der Waals surface area contributed by atoms with Crippen LogP contribution < -0.4 is 0 Å². The van der Waals surface area contributed by atoms with Crippen molar-refractivity contribution in [2.24, 2.45) is 11.3 Å². The first kappa shape index (κ1) is 15.8. The lowest BCUT2D eigenvalue weighted by Crippen LogP contribution is -2.39. The van der Waals surface area contributed by atoms with E-state index in [-0.39, 0.29) is 5.04 Å². The summed E-state index contributed by atoms with van der Waals surface area (Å²) in [7, 11) is -1.62. The molecule has 96 valence electrons. The molecule has 0 spiro atoms. The van der Waals surface area contributed by atoms with Gasteiger partial charge in [0.2, 0.25) is 8.32 Å². The van der Waals surface area contributed by atoms with Crippen LogP contribution in [0.25, 0.3) is 0 Å². The molecule has 0 amide bonds. The maximum atomic E-state index is 6.02.